The molecule has 148 valence electrons. The maximum Gasteiger partial charge on any atom is 0.317 e. The van der Waals surface area contributed by atoms with Crippen molar-refractivity contribution in [2.24, 2.45) is 0 Å². The highest BCUT2D eigenvalue weighted by molar-refractivity contribution is 5.82. The normalized spacial score (nSPS) is 18.9. The lowest BCUT2D eigenvalue weighted by molar-refractivity contribution is -0.138. The van der Waals surface area contributed by atoms with Gasteiger partial charge in [-0.1, -0.05) is 31.5 Å². The van der Waals surface area contributed by atoms with Crippen LogP contribution in [0.3, 0.4) is 0 Å². The minimum absolute atomic E-state index is 0.123. The van der Waals surface area contributed by atoms with Crippen molar-refractivity contribution in [3.8, 4) is 0 Å². The lowest BCUT2D eigenvalue weighted by atomic mass is 10.1. The lowest BCUT2D eigenvalue weighted by Crippen LogP contribution is -2.36. The van der Waals surface area contributed by atoms with Crippen molar-refractivity contribution in [3.05, 3.63) is 35.6 Å². The average Bonchev–Trinajstić information content (AvgIpc) is 2.82. The van der Waals surface area contributed by atoms with Crippen LogP contribution in [-0.2, 0) is 17.8 Å². The van der Waals surface area contributed by atoms with Crippen LogP contribution >= 0.6 is 0 Å². The fourth-order valence-electron chi connectivity index (χ4n) is 4.17. The molecule has 2 aromatic rings. The molecule has 0 saturated carbocycles. The van der Waals surface area contributed by atoms with E-state index in [0.717, 1.165) is 69.5 Å². The maximum atomic E-state index is 11.0. The van der Waals surface area contributed by atoms with Crippen LogP contribution in [0, 0.1) is 0 Å². The molecule has 0 spiro atoms. The van der Waals surface area contributed by atoms with E-state index in [1.165, 1.54) is 10.9 Å². The fourth-order valence-corrected chi connectivity index (χ4v) is 4.17. The van der Waals surface area contributed by atoms with Crippen molar-refractivity contribution >= 4 is 16.9 Å². The Morgan fingerprint density at radius 1 is 1.30 bits per heavy atom. The Labute approximate surface area is 161 Å². The van der Waals surface area contributed by atoms with Crippen molar-refractivity contribution in [2.75, 3.05) is 26.7 Å². The van der Waals surface area contributed by atoms with E-state index >= 15 is 0 Å². The number of carboxylic acids is 1. The smallest absolute Gasteiger partial charge is 0.317 e. The van der Waals surface area contributed by atoms with Crippen molar-refractivity contribution in [2.45, 2.75) is 58.0 Å². The van der Waals surface area contributed by atoms with Gasteiger partial charge in [-0.05, 0) is 51.9 Å². The number of carbonyl (C=O) groups is 1. The number of carboxylic acid groups (broad SMARTS) is 1. The van der Waals surface area contributed by atoms with Crippen LogP contribution in [0.25, 0.3) is 11.0 Å². The van der Waals surface area contributed by atoms with Crippen LogP contribution in [0.15, 0.2) is 28.7 Å². The molecule has 1 fully saturated rings. The summed E-state index contributed by atoms with van der Waals surface area (Å²) < 4.78 is 6.18. The number of aliphatic carboxylic acids is 1. The third-order valence-corrected chi connectivity index (χ3v) is 5.72. The van der Waals surface area contributed by atoms with Gasteiger partial charge >= 0.3 is 5.97 Å². The quantitative estimate of drug-likeness (QED) is 0.754. The van der Waals surface area contributed by atoms with Gasteiger partial charge in [0.2, 0.25) is 0 Å². The first-order valence-electron chi connectivity index (χ1n) is 10.2. The topological polar surface area (TPSA) is 56.9 Å². The molecule has 27 heavy (non-hydrogen) atoms. The number of nitrogens with zero attached hydrogens (tertiary/aromatic N) is 2. The van der Waals surface area contributed by atoms with Gasteiger partial charge in [-0.25, -0.2) is 0 Å². The number of likely N-dealkylation sites (tertiary alicyclic amines) is 1. The number of furan rings is 1. The van der Waals surface area contributed by atoms with E-state index in [9.17, 15) is 4.79 Å². The van der Waals surface area contributed by atoms with Gasteiger partial charge in [-0.15, -0.1) is 0 Å². The molecule has 0 radical (unpaired) electrons. The number of fused-ring (bicyclic) bond motifs is 1. The molecule has 1 aromatic heterocycles. The summed E-state index contributed by atoms with van der Waals surface area (Å²) in [4.78, 5) is 15.5. The molecular formula is C22H32N2O3. The van der Waals surface area contributed by atoms with E-state index in [4.69, 9.17) is 9.52 Å². The molecule has 1 unspecified atom stereocenters. The Hall–Kier alpha value is -1.85. The summed E-state index contributed by atoms with van der Waals surface area (Å²) in [6.07, 6.45) is 6.50. The van der Waals surface area contributed by atoms with Gasteiger partial charge in [0.25, 0.3) is 0 Å². The van der Waals surface area contributed by atoms with Crippen molar-refractivity contribution in [1.82, 2.24) is 9.80 Å². The zero-order chi connectivity index (χ0) is 19.2. The summed E-state index contributed by atoms with van der Waals surface area (Å²) in [5.74, 6) is 0.394. The fraction of sp³-hybridized carbons (Fsp3) is 0.591. The predicted octanol–water partition coefficient (Wildman–Crippen LogP) is 4.15. The van der Waals surface area contributed by atoms with E-state index in [1.807, 2.05) is 18.0 Å². The molecule has 0 bridgehead atoms. The molecule has 2 heterocycles. The van der Waals surface area contributed by atoms with Crippen molar-refractivity contribution in [1.29, 1.82) is 0 Å². The van der Waals surface area contributed by atoms with Gasteiger partial charge in [-0.2, -0.15) is 0 Å². The van der Waals surface area contributed by atoms with Crippen LogP contribution < -0.4 is 0 Å². The Kier molecular flexibility index (Phi) is 6.91. The summed E-state index contributed by atoms with van der Waals surface area (Å²) in [7, 11) is 1.93. The highest BCUT2D eigenvalue weighted by atomic mass is 16.4. The Morgan fingerprint density at radius 2 is 2.11 bits per heavy atom. The molecule has 1 aliphatic heterocycles. The number of aryl methyl sites for hydroxylation is 1. The largest absolute Gasteiger partial charge is 0.480 e. The molecule has 0 amide bonds. The van der Waals surface area contributed by atoms with Gasteiger partial charge < -0.3 is 9.52 Å². The zero-order valence-electron chi connectivity index (χ0n) is 16.6. The number of likely N-dealkylation sites (N-methyl/N-ethyl adjacent to an activating group) is 1. The Morgan fingerprint density at radius 3 is 2.89 bits per heavy atom. The molecule has 1 aromatic carbocycles. The van der Waals surface area contributed by atoms with Crippen LogP contribution in [0.5, 0.6) is 0 Å². The molecule has 0 aliphatic carbocycles. The van der Waals surface area contributed by atoms with E-state index in [0.29, 0.717) is 6.04 Å². The number of rotatable bonds is 8. The SMILES string of the molecule is CCCCc1oc2ccccc2c1CN1CCCC(N(C)CC(=O)O)CC1. The van der Waals surface area contributed by atoms with Crippen molar-refractivity contribution in [3.63, 3.8) is 0 Å². The second-order valence-electron chi connectivity index (χ2n) is 7.77. The highest BCUT2D eigenvalue weighted by Gasteiger charge is 2.23. The highest BCUT2D eigenvalue weighted by Crippen LogP contribution is 2.29. The predicted molar refractivity (Wildman–Crippen MR) is 108 cm³/mol. The number of unbranched alkanes of at least 4 members (excludes halogenated alkanes) is 1. The minimum Gasteiger partial charge on any atom is -0.480 e. The summed E-state index contributed by atoms with van der Waals surface area (Å²) in [5.41, 5.74) is 2.34. The standard InChI is InChI=1S/C22H32N2O3/c1-3-4-10-21-19(18-9-5-6-11-20(18)27-21)15-24-13-7-8-17(12-14-24)23(2)16-22(25)26/h5-6,9,11,17H,3-4,7-8,10,12-16H2,1-2H3,(H,25,26). The van der Waals surface area contributed by atoms with Crippen LogP contribution in [-0.4, -0.2) is 53.6 Å². The van der Waals surface area contributed by atoms with Gasteiger partial charge in [0, 0.05) is 30.0 Å². The molecule has 1 saturated heterocycles. The van der Waals surface area contributed by atoms with E-state index < -0.39 is 5.97 Å². The number of hydrogen-bond donors (Lipinski definition) is 1. The molecule has 3 rings (SSSR count). The first kappa shape index (κ1) is 19.9. The summed E-state index contributed by atoms with van der Waals surface area (Å²) in [5, 5.41) is 10.3. The van der Waals surface area contributed by atoms with Gasteiger partial charge in [-0.3, -0.25) is 14.6 Å². The Balaban J connectivity index is 1.70. The lowest BCUT2D eigenvalue weighted by Gasteiger charge is -2.25. The van der Waals surface area contributed by atoms with Crippen LogP contribution in [0.2, 0.25) is 0 Å². The molecule has 1 aliphatic rings. The maximum absolute atomic E-state index is 11.0. The van der Waals surface area contributed by atoms with Crippen molar-refractivity contribution < 1.29 is 14.3 Å². The van der Waals surface area contributed by atoms with Gasteiger partial charge in [0.15, 0.2) is 0 Å². The monoisotopic (exact) mass is 372 g/mol. The zero-order valence-corrected chi connectivity index (χ0v) is 16.6. The molecule has 5 nitrogen and oxygen atoms in total. The van der Waals surface area contributed by atoms with Gasteiger partial charge in [0.05, 0.1) is 6.54 Å². The second kappa shape index (κ2) is 9.38. The summed E-state index contributed by atoms with van der Waals surface area (Å²) in [6, 6.07) is 8.71. The van der Waals surface area contributed by atoms with E-state index in [2.05, 4.69) is 30.0 Å². The number of para-hydroxylation sites is 1. The third-order valence-electron chi connectivity index (χ3n) is 5.72. The minimum atomic E-state index is -0.746. The van der Waals surface area contributed by atoms with Gasteiger partial charge in [0.1, 0.15) is 11.3 Å². The number of benzene rings is 1. The first-order valence-corrected chi connectivity index (χ1v) is 10.2. The molecule has 1 atom stereocenters. The summed E-state index contributed by atoms with van der Waals surface area (Å²) >= 11 is 0. The first-order chi connectivity index (χ1) is 13.1. The third kappa shape index (κ3) is 5.11. The van der Waals surface area contributed by atoms with E-state index in [1.54, 1.807) is 0 Å². The molecular weight excluding hydrogens is 340 g/mol. The number of hydrogen-bond acceptors (Lipinski definition) is 4. The van der Waals surface area contributed by atoms with E-state index in [-0.39, 0.29) is 6.54 Å². The summed E-state index contributed by atoms with van der Waals surface area (Å²) in [6.45, 7) is 5.32. The average molecular weight is 373 g/mol. The van der Waals surface area contributed by atoms with Crippen LogP contribution in [0.1, 0.15) is 50.4 Å². The Bertz CT molecular complexity index is 755. The second-order valence-corrected chi connectivity index (χ2v) is 7.77. The molecule has 5 heteroatoms. The molecule has 1 N–H and O–H groups in total. The van der Waals surface area contributed by atoms with Crippen LogP contribution in [0.4, 0.5) is 0 Å².